The normalized spacial score (nSPS) is 27.0. The molecule has 3 atom stereocenters. The first-order valence-corrected chi connectivity index (χ1v) is 8.40. The number of rotatable bonds is 5. The molecule has 0 amide bonds. The Bertz CT molecular complexity index is 466. The fourth-order valence-electron chi connectivity index (χ4n) is 3.20. The molecular formula is C20H32O. The lowest BCUT2D eigenvalue weighted by Gasteiger charge is -2.23. The van der Waals surface area contributed by atoms with E-state index in [1.165, 1.54) is 24.0 Å². The van der Waals surface area contributed by atoms with Crippen LogP contribution in [0.25, 0.3) is 0 Å². The van der Waals surface area contributed by atoms with Gasteiger partial charge in [-0.15, -0.1) is 0 Å². The number of hydrogen-bond acceptors (Lipinski definition) is 1. The maximum atomic E-state index is 6.37. The zero-order valence-electron chi connectivity index (χ0n) is 14.9. The smallest absolute Gasteiger partial charge is 0.0804 e. The second kappa shape index (κ2) is 5.76. The van der Waals surface area contributed by atoms with E-state index in [0.717, 1.165) is 11.8 Å². The molecule has 0 saturated heterocycles. The number of benzene rings is 1. The van der Waals surface area contributed by atoms with E-state index in [4.69, 9.17) is 4.74 Å². The molecule has 0 radical (unpaired) electrons. The molecule has 1 heteroatoms. The van der Waals surface area contributed by atoms with E-state index in [-0.39, 0.29) is 17.1 Å². The Hall–Kier alpha value is -0.820. The molecule has 0 aromatic heterocycles. The second-order valence-corrected chi connectivity index (χ2v) is 8.48. The van der Waals surface area contributed by atoms with Crippen molar-refractivity contribution in [2.45, 2.75) is 78.4 Å². The van der Waals surface area contributed by atoms with Crippen molar-refractivity contribution in [1.29, 1.82) is 0 Å². The van der Waals surface area contributed by atoms with Gasteiger partial charge in [0, 0.05) is 0 Å². The summed E-state index contributed by atoms with van der Waals surface area (Å²) >= 11 is 0. The molecule has 0 aliphatic heterocycles. The molecular weight excluding hydrogens is 256 g/mol. The topological polar surface area (TPSA) is 9.23 Å². The minimum atomic E-state index is 0.104. The number of hydrogen-bond donors (Lipinski definition) is 0. The van der Waals surface area contributed by atoms with Crippen LogP contribution in [0, 0.1) is 11.8 Å². The van der Waals surface area contributed by atoms with Gasteiger partial charge >= 0.3 is 0 Å². The molecule has 118 valence electrons. The van der Waals surface area contributed by atoms with E-state index in [2.05, 4.69) is 72.7 Å². The first-order chi connectivity index (χ1) is 9.62. The monoisotopic (exact) mass is 288 g/mol. The lowest BCUT2D eigenvalue weighted by atomic mass is 9.86. The SMILES string of the molecule is CC(C)CC1CC1(C)OC(C)c1ccc(C(C)(C)C)cc1. The van der Waals surface area contributed by atoms with E-state index in [0.29, 0.717) is 0 Å². The average molecular weight is 288 g/mol. The van der Waals surface area contributed by atoms with Gasteiger partial charge in [0.15, 0.2) is 0 Å². The van der Waals surface area contributed by atoms with Crippen LogP contribution in [0.15, 0.2) is 24.3 Å². The summed E-state index contributed by atoms with van der Waals surface area (Å²) in [5, 5.41) is 0. The maximum absolute atomic E-state index is 6.37. The van der Waals surface area contributed by atoms with E-state index < -0.39 is 0 Å². The van der Waals surface area contributed by atoms with Crippen LogP contribution in [0.3, 0.4) is 0 Å². The molecule has 0 N–H and O–H groups in total. The van der Waals surface area contributed by atoms with E-state index >= 15 is 0 Å². The van der Waals surface area contributed by atoms with Gasteiger partial charge in [-0.3, -0.25) is 0 Å². The lowest BCUT2D eigenvalue weighted by Crippen LogP contribution is -2.16. The molecule has 1 fully saturated rings. The molecule has 0 heterocycles. The van der Waals surface area contributed by atoms with Gasteiger partial charge in [0.1, 0.15) is 0 Å². The van der Waals surface area contributed by atoms with Crippen LogP contribution >= 0.6 is 0 Å². The standard InChI is InChI=1S/C20H32O/c1-14(2)12-18-13-20(18,7)21-15(3)16-8-10-17(11-9-16)19(4,5)6/h8-11,14-15,18H,12-13H2,1-7H3. The zero-order valence-corrected chi connectivity index (χ0v) is 14.9. The summed E-state index contributed by atoms with van der Waals surface area (Å²) in [6.07, 6.45) is 2.68. The number of ether oxygens (including phenoxy) is 1. The molecule has 1 aromatic carbocycles. The Morgan fingerprint density at radius 2 is 1.71 bits per heavy atom. The van der Waals surface area contributed by atoms with Crippen LogP contribution < -0.4 is 0 Å². The van der Waals surface area contributed by atoms with Crippen molar-refractivity contribution in [2.24, 2.45) is 11.8 Å². The molecule has 1 aliphatic rings. The predicted molar refractivity (Wildman–Crippen MR) is 90.6 cm³/mol. The molecule has 0 bridgehead atoms. The van der Waals surface area contributed by atoms with Crippen LogP contribution in [0.4, 0.5) is 0 Å². The first kappa shape index (κ1) is 16.5. The predicted octanol–water partition coefficient (Wildman–Crippen LogP) is 5.89. The van der Waals surface area contributed by atoms with Gasteiger partial charge in [0.05, 0.1) is 11.7 Å². The molecule has 1 nitrogen and oxygen atoms in total. The van der Waals surface area contributed by atoms with Gasteiger partial charge in [0.2, 0.25) is 0 Å². The van der Waals surface area contributed by atoms with Crippen LogP contribution in [-0.2, 0) is 10.2 Å². The molecule has 2 rings (SSSR count). The Morgan fingerprint density at radius 3 is 2.19 bits per heavy atom. The average Bonchev–Trinajstić information content (AvgIpc) is 2.97. The van der Waals surface area contributed by atoms with Crippen LogP contribution in [0.5, 0.6) is 0 Å². The van der Waals surface area contributed by atoms with Gasteiger partial charge < -0.3 is 4.74 Å². The van der Waals surface area contributed by atoms with Crippen molar-refractivity contribution in [1.82, 2.24) is 0 Å². The van der Waals surface area contributed by atoms with E-state index in [1.807, 2.05) is 0 Å². The molecule has 1 aromatic rings. The van der Waals surface area contributed by atoms with Crippen molar-refractivity contribution in [3.63, 3.8) is 0 Å². The van der Waals surface area contributed by atoms with Crippen molar-refractivity contribution in [2.75, 3.05) is 0 Å². The van der Waals surface area contributed by atoms with Gasteiger partial charge in [0.25, 0.3) is 0 Å². The van der Waals surface area contributed by atoms with Gasteiger partial charge in [-0.1, -0.05) is 58.9 Å². The van der Waals surface area contributed by atoms with Gasteiger partial charge in [-0.25, -0.2) is 0 Å². The summed E-state index contributed by atoms with van der Waals surface area (Å²) in [5.41, 5.74) is 2.99. The molecule has 0 spiro atoms. The Kier molecular flexibility index (Phi) is 4.54. The van der Waals surface area contributed by atoms with Crippen LogP contribution in [0.1, 0.15) is 78.5 Å². The molecule has 21 heavy (non-hydrogen) atoms. The summed E-state index contributed by atoms with van der Waals surface area (Å²) in [6, 6.07) is 8.95. The van der Waals surface area contributed by atoms with Crippen molar-refractivity contribution in [3.05, 3.63) is 35.4 Å². The summed E-state index contributed by atoms with van der Waals surface area (Å²) in [5.74, 6) is 1.51. The Balaban J connectivity index is 1.97. The highest BCUT2D eigenvalue weighted by Gasteiger charge is 2.52. The molecule has 3 unspecified atom stereocenters. The fraction of sp³-hybridized carbons (Fsp3) is 0.700. The quantitative estimate of drug-likeness (QED) is 0.656. The van der Waals surface area contributed by atoms with Crippen LogP contribution in [0.2, 0.25) is 0 Å². The second-order valence-electron chi connectivity index (χ2n) is 8.48. The minimum Gasteiger partial charge on any atom is -0.367 e. The summed E-state index contributed by atoms with van der Waals surface area (Å²) in [6.45, 7) is 15.8. The fourth-order valence-corrected chi connectivity index (χ4v) is 3.20. The van der Waals surface area contributed by atoms with Gasteiger partial charge in [-0.05, 0) is 55.1 Å². The lowest BCUT2D eigenvalue weighted by molar-refractivity contribution is -0.0227. The minimum absolute atomic E-state index is 0.104. The van der Waals surface area contributed by atoms with Crippen molar-refractivity contribution >= 4 is 0 Å². The third-order valence-corrected chi connectivity index (χ3v) is 4.80. The van der Waals surface area contributed by atoms with Crippen molar-refractivity contribution in [3.8, 4) is 0 Å². The third-order valence-electron chi connectivity index (χ3n) is 4.80. The van der Waals surface area contributed by atoms with Gasteiger partial charge in [-0.2, -0.15) is 0 Å². The largest absolute Gasteiger partial charge is 0.367 e. The zero-order chi connectivity index (χ0) is 15.8. The van der Waals surface area contributed by atoms with E-state index in [9.17, 15) is 0 Å². The highest BCUT2D eigenvalue weighted by atomic mass is 16.5. The Labute approximate surface area is 131 Å². The maximum Gasteiger partial charge on any atom is 0.0804 e. The summed E-state index contributed by atoms with van der Waals surface area (Å²) in [4.78, 5) is 0. The highest BCUT2D eigenvalue weighted by Crippen LogP contribution is 2.52. The summed E-state index contributed by atoms with van der Waals surface area (Å²) < 4.78 is 6.37. The Morgan fingerprint density at radius 1 is 1.14 bits per heavy atom. The first-order valence-electron chi connectivity index (χ1n) is 8.40. The highest BCUT2D eigenvalue weighted by molar-refractivity contribution is 5.28. The molecule has 1 aliphatic carbocycles. The molecule has 1 saturated carbocycles. The van der Waals surface area contributed by atoms with E-state index in [1.54, 1.807) is 0 Å². The summed E-state index contributed by atoms with van der Waals surface area (Å²) in [7, 11) is 0. The van der Waals surface area contributed by atoms with Crippen LogP contribution in [-0.4, -0.2) is 5.60 Å². The van der Waals surface area contributed by atoms with Crippen molar-refractivity contribution < 1.29 is 4.74 Å². The third kappa shape index (κ3) is 4.10.